The summed E-state index contributed by atoms with van der Waals surface area (Å²) in [6.45, 7) is 13.2. The second-order valence-electron chi connectivity index (χ2n) is 13.8. The molecule has 1 N–H and O–H groups in total. The summed E-state index contributed by atoms with van der Waals surface area (Å²) in [5.74, 6) is 4.13. The molecule has 6 aliphatic rings. The Kier molecular flexibility index (Phi) is 10.1. The molecule has 2 aliphatic heterocycles. The maximum atomic E-state index is 11.9. The van der Waals surface area contributed by atoms with Crippen LogP contribution in [0.25, 0.3) is 0 Å². The molecule has 0 aromatic carbocycles. The zero-order valence-electron chi connectivity index (χ0n) is 24.5. The van der Waals surface area contributed by atoms with Gasteiger partial charge >= 0.3 is 0 Å². The van der Waals surface area contributed by atoms with E-state index >= 15 is 0 Å². The third-order valence-electron chi connectivity index (χ3n) is 12.1. The molecule has 6 nitrogen and oxygen atoms in total. The second kappa shape index (κ2) is 13.2. The van der Waals surface area contributed by atoms with Gasteiger partial charge in [0.15, 0.2) is 0 Å². The van der Waals surface area contributed by atoms with Crippen LogP contribution >= 0.6 is 0 Å². The van der Waals surface area contributed by atoms with E-state index < -0.39 is 0 Å². The van der Waals surface area contributed by atoms with Crippen LogP contribution in [0.1, 0.15) is 85.0 Å². The molecule has 4 saturated carbocycles. The van der Waals surface area contributed by atoms with Gasteiger partial charge in [0.05, 0.1) is 65.1 Å². The average Bonchev–Trinajstić information content (AvgIpc) is 3.27. The van der Waals surface area contributed by atoms with Crippen molar-refractivity contribution in [3.05, 3.63) is 0 Å². The largest absolute Gasteiger partial charge is 0.393 e. The van der Waals surface area contributed by atoms with Gasteiger partial charge in [-0.2, -0.15) is 0 Å². The Hall–Kier alpha value is -0.240. The maximum absolute atomic E-state index is 11.9. The van der Waals surface area contributed by atoms with Crippen LogP contribution in [-0.2, 0) is 23.7 Å². The number of ether oxygens (including phenoxy) is 5. The molecule has 4 aliphatic carbocycles. The van der Waals surface area contributed by atoms with E-state index in [0.29, 0.717) is 88.0 Å². The van der Waals surface area contributed by atoms with E-state index in [1.165, 1.54) is 44.9 Å². The molecule has 6 heteroatoms. The smallest absolute Gasteiger partial charge is 0.0704 e. The number of hydrogen-bond acceptors (Lipinski definition) is 6. The summed E-state index contributed by atoms with van der Waals surface area (Å²) in [4.78, 5) is 0. The fourth-order valence-corrected chi connectivity index (χ4v) is 10.0. The summed E-state index contributed by atoms with van der Waals surface area (Å²) in [5.41, 5.74) is 0.431. The molecule has 0 aromatic heterocycles. The molecular formula is C32H56O6. The molecule has 2 saturated heterocycles. The quantitative estimate of drug-likeness (QED) is 0.413. The average molecular weight is 537 g/mol. The lowest BCUT2D eigenvalue weighted by molar-refractivity contribution is -0.178. The fraction of sp³-hybridized carbons (Fsp3) is 1.00. The zero-order chi connectivity index (χ0) is 26.6. The summed E-state index contributed by atoms with van der Waals surface area (Å²) in [7, 11) is 0. The Labute approximate surface area is 231 Å². The fourth-order valence-electron chi connectivity index (χ4n) is 10.0. The minimum absolute atomic E-state index is 0.0752. The topological polar surface area (TPSA) is 66.4 Å². The van der Waals surface area contributed by atoms with Gasteiger partial charge in [0.25, 0.3) is 0 Å². The molecule has 0 aromatic rings. The predicted molar refractivity (Wildman–Crippen MR) is 148 cm³/mol. The Balaban J connectivity index is 1.25. The van der Waals surface area contributed by atoms with Crippen molar-refractivity contribution in [2.75, 3.05) is 59.5 Å². The van der Waals surface area contributed by atoms with Gasteiger partial charge in [0, 0.05) is 6.61 Å². The van der Waals surface area contributed by atoms with Crippen LogP contribution in [0.2, 0.25) is 0 Å². The monoisotopic (exact) mass is 536 g/mol. The lowest BCUT2D eigenvalue weighted by atomic mass is 9.43. The lowest BCUT2D eigenvalue weighted by Gasteiger charge is -2.62. The molecule has 0 radical (unpaired) electrons. The van der Waals surface area contributed by atoms with E-state index in [4.69, 9.17) is 23.7 Å². The van der Waals surface area contributed by atoms with Gasteiger partial charge in [-0.3, -0.25) is 0 Å². The lowest BCUT2D eigenvalue weighted by Crippen LogP contribution is -2.59. The van der Waals surface area contributed by atoms with Crippen LogP contribution in [0.15, 0.2) is 0 Å². The van der Waals surface area contributed by atoms with Crippen LogP contribution < -0.4 is 0 Å². The molecule has 10 atom stereocenters. The predicted octanol–water partition coefficient (Wildman–Crippen LogP) is 5.50. The zero-order valence-corrected chi connectivity index (χ0v) is 24.5. The summed E-state index contributed by atoms with van der Waals surface area (Å²) >= 11 is 0. The first-order valence-electron chi connectivity index (χ1n) is 16.0. The minimum atomic E-state index is -0.165. The third kappa shape index (κ3) is 6.01. The first-order chi connectivity index (χ1) is 18.4. The van der Waals surface area contributed by atoms with Crippen LogP contribution in [0.3, 0.4) is 0 Å². The van der Waals surface area contributed by atoms with Crippen molar-refractivity contribution in [1.82, 2.24) is 0 Å². The van der Waals surface area contributed by atoms with Gasteiger partial charge in [0.2, 0.25) is 0 Å². The van der Waals surface area contributed by atoms with Crippen molar-refractivity contribution in [3.63, 3.8) is 0 Å². The molecular weight excluding hydrogens is 480 g/mol. The highest BCUT2D eigenvalue weighted by Crippen LogP contribution is 2.68. The molecule has 220 valence electrons. The van der Waals surface area contributed by atoms with Crippen molar-refractivity contribution in [3.8, 4) is 0 Å². The Morgan fingerprint density at radius 1 is 0.632 bits per heavy atom. The van der Waals surface area contributed by atoms with Gasteiger partial charge < -0.3 is 28.8 Å². The molecule has 2 heterocycles. The number of fused-ring (bicyclic) bond motifs is 18. The number of hydrogen-bond donors (Lipinski definition) is 1. The van der Waals surface area contributed by atoms with Gasteiger partial charge in [-0.25, -0.2) is 0 Å². The van der Waals surface area contributed by atoms with E-state index in [2.05, 4.69) is 20.8 Å². The summed E-state index contributed by atoms with van der Waals surface area (Å²) < 4.78 is 29.2. The van der Waals surface area contributed by atoms with Crippen LogP contribution in [0.5, 0.6) is 0 Å². The first-order valence-corrected chi connectivity index (χ1v) is 16.0. The Morgan fingerprint density at radius 3 is 1.97 bits per heavy atom. The molecule has 1 unspecified atom stereocenters. The van der Waals surface area contributed by atoms with E-state index in [1.54, 1.807) is 0 Å². The number of rotatable bonds is 0. The van der Waals surface area contributed by atoms with Crippen LogP contribution in [0, 0.1) is 46.3 Å². The molecule has 6 rings (SSSR count). The molecule has 0 amide bonds. The Bertz CT molecular complexity index is 733. The van der Waals surface area contributed by atoms with E-state index in [0.717, 1.165) is 37.7 Å². The highest BCUT2D eigenvalue weighted by molar-refractivity contribution is 5.12. The summed E-state index contributed by atoms with van der Waals surface area (Å²) in [5, 5.41) is 11.9. The van der Waals surface area contributed by atoms with Crippen LogP contribution in [0.4, 0.5) is 0 Å². The first kappa shape index (κ1) is 29.3. The third-order valence-corrected chi connectivity index (χ3v) is 12.1. The van der Waals surface area contributed by atoms with Crippen molar-refractivity contribution in [1.29, 1.82) is 0 Å². The second-order valence-corrected chi connectivity index (χ2v) is 13.8. The SMILES string of the molecule is C[C@@H]1CCCOCCOCCOCCOCCO[C@@H]2CC[C@@]3(C)C(CC[C@H]4[C@@H]5CC[C@H]1[C@@]5(C)[C@@H](O)C[C@@H]43)C2. The Morgan fingerprint density at radius 2 is 1.26 bits per heavy atom. The molecule has 5 bridgehead atoms. The van der Waals surface area contributed by atoms with Gasteiger partial charge in [-0.1, -0.05) is 20.8 Å². The standard InChI is InChI=1S/C32H56O6/c1-23-5-4-12-34-13-14-35-15-16-36-17-18-37-19-20-38-25-10-11-31(2)24(21-25)6-7-26-28-9-8-27(23)32(28,3)30(33)22-29(26)31/h23-30,33H,4-22H2,1-3H3/t23-,24?,25-,26+,27-,28+,29+,30+,31+,32-/m1/s1. The van der Waals surface area contributed by atoms with Crippen molar-refractivity contribution >= 4 is 0 Å². The molecule has 0 spiro atoms. The highest BCUT2D eigenvalue weighted by Gasteiger charge is 2.63. The van der Waals surface area contributed by atoms with Gasteiger partial charge in [-0.05, 0) is 111 Å². The molecule has 6 fully saturated rings. The van der Waals surface area contributed by atoms with Gasteiger partial charge in [0.1, 0.15) is 0 Å². The summed E-state index contributed by atoms with van der Waals surface area (Å²) in [6.07, 6.45) is 12.4. The van der Waals surface area contributed by atoms with E-state index in [-0.39, 0.29) is 11.5 Å². The summed E-state index contributed by atoms with van der Waals surface area (Å²) in [6, 6.07) is 0. The van der Waals surface area contributed by atoms with Crippen molar-refractivity contribution in [2.45, 2.75) is 97.2 Å². The highest BCUT2D eigenvalue weighted by atomic mass is 16.6. The van der Waals surface area contributed by atoms with Gasteiger partial charge in [-0.15, -0.1) is 0 Å². The normalized spacial score (nSPS) is 48.3. The number of aliphatic hydroxyl groups excluding tert-OH is 1. The van der Waals surface area contributed by atoms with E-state index in [9.17, 15) is 5.11 Å². The minimum Gasteiger partial charge on any atom is -0.393 e. The van der Waals surface area contributed by atoms with Crippen molar-refractivity contribution < 1.29 is 28.8 Å². The van der Waals surface area contributed by atoms with E-state index in [1.807, 2.05) is 0 Å². The number of aliphatic hydroxyl groups is 1. The van der Waals surface area contributed by atoms with Crippen LogP contribution in [-0.4, -0.2) is 76.8 Å². The van der Waals surface area contributed by atoms with Crippen molar-refractivity contribution in [2.24, 2.45) is 46.3 Å². The maximum Gasteiger partial charge on any atom is 0.0704 e. The molecule has 38 heavy (non-hydrogen) atoms.